The van der Waals surface area contributed by atoms with Crippen LogP contribution in [0.4, 0.5) is 0 Å². The quantitative estimate of drug-likeness (QED) is 0.733. The average molecular weight is 351 g/mol. The lowest BCUT2D eigenvalue weighted by Gasteiger charge is -2.13. The maximum absolute atomic E-state index is 6.03. The zero-order chi connectivity index (χ0) is 13.9. The molecule has 0 bridgehead atoms. The van der Waals surface area contributed by atoms with Gasteiger partial charge in [0.25, 0.3) is 0 Å². The van der Waals surface area contributed by atoms with Crippen LogP contribution in [-0.4, -0.2) is 11.5 Å². The summed E-state index contributed by atoms with van der Waals surface area (Å²) in [7, 11) is 0. The fraction of sp³-hybridized carbons (Fsp3) is 0.267. The lowest BCUT2D eigenvalue weighted by molar-refractivity contribution is 0.434. The SMILES string of the molecule is CCNC(Cc1nccs1)c1cc2cccc(Br)c2o1. The molecule has 0 spiro atoms. The minimum atomic E-state index is 0.158. The number of thiazole rings is 1. The van der Waals surface area contributed by atoms with E-state index in [1.165, 1.54) is 0 Å². The van der Waals surface area contributed by atoms with Crippen molar-refractivity contribution in [3.8, 4) is 0 Å². The number of halogens is 1. The highest BCUT2D eigenvalue weighted by Crippen LogP contribution is 2.31. The number of benzene rings is 1. The van der Waals surface area contributed by atoms with E-state index in [0.717, 1.165) is 39.2 Å². The Kier molecular flexibility index (Phi) is 4.19. The van der Waals surface area contributed by atoms with Crippen molar-refractivity contribution in [3.05, 3.63) is 51.1 Å². The lowest BCUT2D eigenvalue weighted by Crippen LogP contribution is -2.22. The fourth-order valence-corrected chi connectivity index (χ4v) is 3.39. The first-order valence-electron chi connectivity index (χ1n) is 6.57. The van der Waals surface area contributed by atoms with Crippen molar-refractivity contribution in [1.82, 2.24) is 10.3 Å². The predicted molar refractivity (Wildman–Crippen MR) is 86.1 cm³/mol. The van der Waals surface area contributed by atoms with E-state index < -0.39 is 0 Å². The van der Waals surface area contributed by atoms with Crippen LogP contribution in [0.25, 0.3) is 11.0 Å². The van der Waals surface area contributed by atoms with Gasteiger partial charge >= 0.3 is 0 Å². The Bertz CT molecular complexity index is 693. The first-order chi connectivity index (χ1) is 9.78. The monoisotopic (exact) mass is 350 g/mol. The molecule has 1 unspecified atom stereocenters. The van der Waals surface area contributed by atoms with Crippen LogP contribution in [-0.2, 0) is 6.42 Å². The number of fused-ring (bicyclic) bond motifs is 1. The first-order valence-corrected chi connectivity index (χ1v) is 8.25. The summed E-state index contributed by atoms with van der Waals surface area (Å²) in [6.07, 6.45) is 2.70. The van der Waals surface area contributed by atoms with Crippen LogP contribution >= 0.6 is 27.3 Å². The number of rotatable bonds is 5. The van der Waals surface area contributed by atoms with Gasteiger partial charge in [-0.05, 0) is 34.6 Å². The highest BCUT2D eigenvalue weighted by molar-refractivity contribution is 9.10. The molecule has 0 aliphatic carbocycles. The molecule has 20 heavy (non-hydrogen) atoms. The molecule has 2 heterocycles. The molecule has 0 radical (unpaired) electrons. The molecule has 0 aliphatic heterocycles. The fourth-order valence-electron chi connectivity index (χ4n) is 2.27. The third-order valence-corrected chi connectivity index (χ3v) is 4.60. The molecule has 0 saturated carbocycles. The molecular formula is C15H15BrN2OS. The molecule has 3 rings (SSSR count). The number of hydrogen-bond donors (Lipinski definition) is 1. The van der Waals surface area contributed by atoms with Crippen molar-refractivity contribution < 1.29 is 4.42 Å². The molecule has 1 atom stereocenters. The summed E-state index contributed by atoms with van der Waals surface area (Å²) >= 11 is 5.21. The molecule has 5 heteroatoms. The molecule has 104 valence electrons. The van der Waals surface area contributed by atoms with Gasteiger partial charge < -0.3 is 9.73 Å². The largest absolute Gasteiger partial charge is 0.458 e. The third-order valence-electron chi connectivity index (χ3n) is 3.17. The summed E-state index contributed by atoms with van der Waals surface area (Å²) in [4.78, 5) is 4.36. The molecule has 2 aromatic heterocycles. The van der Waals surface area contributed by atoms with E-state index in [1.807, 2.05) is 23.7 Å². The maximum Gasteiger partial charge on any atom is 0.148 e. The number of nitrogens with zero attached hydrogens (tertiary/aromatic N) is 1. The van der Waals surface area contributed by atoms with Crippen LogP contribution in [0.15, 0.2) is 44.7 Å². The molecular weight excluding hydrogens is 336 g/mol. The Balaban J connectivity index is 1.94. The smallest absolute Gasteiger partial charge is 0.148 e. The molecule has 3 aromatic rings. The van der Waals surface area contributed by atoms with E-state index in [-0.39, 0.29) is 6.04 Å². The van der Waals surface area contributed by atoms with E-state index >= 15 is 0 Å². The minimum Gasteiger partial charge on any atom is -0.458 e. The Labute approximate surface area is 130 Å². The van der Waals surface area contributed by atoms with Crippen LogP contribution in [0.3, 0.4) is 0 Å². The van der Waals surface area contributed by atoms with Gasteiger partial charge in [-0.2, -0.15) is 0 Å². The highest BCUT2D eigenvalue weighted by atomic mass is 79.9. The second kappa shape index (κ2) is 6.08. The van der Waals surface area contributed by atoms with Gasteiger partial charge in [-0.15, -0.1) is 11.3 Å². The van der Waals surface area contributed by atoms with Crippen LogP contribution in [0.5, 0.6) is 0 Å². The van der Waals surface area contributed by atoms with E-state index in [4.69, 9.17) is 4.42 Å². The van der Waals surface area contributed by atoms with Crippen LogP contribution in [0.2, 0.25) is 0 Å². The number of para-hydroxylation sites is 1. The molecule has 0 amide bonds. The minimum absolute atomic E-state index is 0.158. The first kappa shape index (κ1) is 13.8. The topological polar surface area (TPSA) is 38.1 Å². The van der Waals surface area contributed by atoms with Crippen molar-refractivity contribution in [2.24, 2.45) is 0 Å². The predicted octanol–water partition coefficient (Wildman–Crippen LogP) is 4.55. The normalized spacial score (nSPS) is 12.9. The molecule has 0 saturated heterocycles. The number of furan rings is 1. The van der Waals surface area contributed by atoms with Crippen molar-refractivity contribution in [3.63, 3.8) is 0 Å². The molecule has 3 nitrogen and oxygen atoms in total. The van der Waals surface area contributed by atoms with Gasteiger partial charge in [0.2, 0.25) is 0 Å². The summed E-state index contributed by atoms with van der Waals surface area (Å²) in [5, 5.41) is 7.73. The second-order valence-corrected chi connectivity index (χ2v) is 6.38. The summed E-state index contributed by atoms with van der Waals surface area (Å²) in [5.74, 6) is 0.962. The standard InChI is InChI=1S/C15H15BrN2OS/c1-2-17-12(9-14-18-6-7-20-14)13-8-10-4-3-5-11(16)15(10)19-13/h3-8,12,17H,2,9H2,1H3. The zero-order valence-corrected chi connectivity index (χ0v) is 13.5. The Morgan fingerprint density at radius 1 is 1.45 bits per heavy atom. The van der Waals surface area contributed by atoms with Gasteiger partial charge in [-0.3, -0.25) is 0 Å². The van der Waals surface area contributed by atoms with Crippen LogP contribution in [0.1, 0.15) is 23.7 Å². The highest BCUT2D eigenvalue weighted by Gasteiger charge is 2.18. The lowest BCUT2D eigenvalue weighted by atomic mass is 10.1. The Hall–Kier alpha value is -1.17. The molecule has 0 fully saturated rings. The van der Waals surface area contributed by atoms with E-state index in [9.17, 15) is 0 Å². The van der Waals surface area contributed by atoms with Gasteiger partial charge in [0.15, 0.2) is 0 Å². The van der Waals surface area contributed by atoms with Gasteiger partial charge in [-0.1, -0.05) is 19.1 Å². The summed E-state index contributed by atoms with van der Waals surface area (Å²) < 4.78 is 7.02. The van der Waals surface area contributed by atoms with Crippen molar-refractivity contribution in [2.75, 3.05) is 6.54 Å². The average Bonchev–Trinajstić information content (AvgIpc) is 3.07. The molecule has 1 N–H and O–H groups in total. The third kappa shape index (κ3) is 2.80. The van der Waals surface area contributed by atoms with E-state index in [0.29, 0.717) is 0 Å². The zero-order valence-electron chi connectivity index (χ0n) is 11.1. The van der Waals surface area contributed by atoms with Gasteiger partial charge in [0.1, 0.15) is 11.3 Å². The summed E-state index contributed by atoms with van der Waals surface area (Å²) in [5.41, 5.74) is 0.907. The van der Waals surface area contributed by atoms with E-state index in [2.05, 4.69) is 45.3 Å². The van der Waals surface area contributed by atoms with Crippen molar-refractivity contribution in [2.45, 2.75) is 19.4 Å². The summed E-state index contributed by atoms with van der Waals surface area (Å²) in [6, 6.07) is 8.36. The van der Waals surface area contributed by atoms with Crippen molar-refractivity contribution >= 4 is 38.2 Å². The van der Waals surface area contributed by atoms with E-state index in [1.54, 1.807) is 11.3 Å². The number of nitrogens with one attached hydrogen (secondary N) is 1. The van der Waals surface area contributed by atoms with Gasteiger partial charge in [0.05, 0.1) is 15.5 Å². The second-order valence-electron chi connectivity index (χ2n) is 4.55. The van der Waals surface area contributed by atoms with Gasteiger partial charge in [-0.25, -0.2) is 4.98 Å². The summed E-state index contributed by atoms with van der Waals surface area (Å²) in [6.45, 7) is 3.00. The Morgan fingerprint density at radius 3 is 3.05 bits per heavy atom. The maximum atomic E-state index is 6.03. The number of hydrogen-bond acceptors (Lipinski definition) is 4. The van der Waals surface area contributed by atoms with Crippen molar-refractivity contribution in [1.29, 1.82) is 0 Å². The van der Waals surface area contributed by atoms with Crippen LogP contribution in [0, 0.1) is 0 Å². The molecule has 0 aliphatic rings. The number of likely N-dealkylation sites (N-methyl/N-ethyl adjacent to an activating group) is 1. The van der Waals surface area contributed by atoms with Crippen LogP contribution < -0.4 is 5.32 Å². The number of aromatic nitrogens is 1. The Morgan fingerprint density at radius 2 is 2.35 bits per heavy atom. The molecule has 1 aromatic carbocycles. The van der Waals surface area contributed by atoms with Gasteiger partial charge in [0, 0.05) is 23.4 Å².